The summed E-state index contributed by atoms with van der Waals surface area (Å²) >= 11 is 0. The number of carbonyl (C=O) groups excluding carboxylic acids is 1. The average molecular weight is 265 g/mol. The highest BCUT2D eigenvalue weighted by Gasteiger charge is 2.07. The molecule has 4 nitrogen and oxygen atoms in total. The molecule has 4 heteroatoms. The number of benzene rings is 1. The van der Waals surface area contributed by atoms with Crippen LogP contribution in [0.25, 0.3) is 0 Å². The number of aryl methyl sites for hydroxylation is 1. The average Bonchev–Trinajstić information content (AvgIpc) is 2.48. The Morgan fingerprint density at radius 3 is 2.70 bits per heavy atom. The molecule has 0 atom stereocenters. The molecule has 0 radical (unpaired) electrons. The Morgan fingerprint density at radius 1 is 1.30 bits per heavy atom. The van der Waals surface area contributed by atoms with Gasteiger partial charge < -0.3 is 11.1 Å². The molecular weight excluding hydrogens is 250 g/mol. The summed E-state index contributed by atoms with van der Waals surface area (Å²) < 4.78 is 0. The maximum atomic E-state index is 12.1. The van der Waals surface area contributed by atoms with Crippen LogP contribution in [0, 0.1) is 18.8 Å². The van der Waals surface area contributed by atoms with Crippen molar-refractivity contribution in [2.24, 2.45) is 5.73 Å². The highest BCUT2D eigenvalue weighted by atomic mass is 16.1. The Labute approximate surface area is 118 Å². The Bertz CT molecular complexity index is 666. The molecule has 0 unspecified atom stereocenters. The van der Waals surface area contributed by atoms with E-state index in [-0.39, 0.29) is 5.91 Å². The first-order chi connectivity index (χ1) is 9.70. The number of aromatic nitrogens is 1. The Balaban J connectivity index is 2.12. The van der Waals surface area contributed by atoms with Crippen LogP contribution in [0.1, 0.15) is 21.6 Å². The molecule has 0 fully saturated rings. The third kappa shape index (κ3) is 3.44. The van der Waals surface area contributed by atoms with E-state index in [9.17, 15) is 4.79 Å². The zero-order valence-corrected chi connectivity index (χ0v) is 11.2. The molecule has 1 heterocycles. The van der Waals surface area contributed by atoms with Gasteiger partial charge >= 0.3 is 0 Å². The molecule has 2 rings (SSSR count). The minimum absolute atomic E-state index is 0.167. The van der Waals surface area contributed by atoms with Gasteiger partial charge in [-0.2, -0.15) is 0 Å². The topological polar surface area (TPSA) is 68.0 Å². The van der Waals surface area contributed by atoms with E-state index in [4.69, 9.17) is 5.73 Å². The van der Waals surface area contributed by atoms with Crippen LogP contribution < -0.4 is 11.1 Å². The molecule has 1 aromatic carbocycles. The fourth-order valence-corrected chi connectivity index (χ4v) is 1.67. The first-order valence-electron chi connectivity index (χ1n) is 6.22. The molecular formula is C16H15N3O. The van der Waals surface area contributed by atoms with Gasteiger partial charge in [-0.3, -0.25) is 9.78 Å². The molecule has 0 aliphatic heterocycles. The lowest BCUT2D eigenvalue weighted by molar-refractivity contribution is 0.102. The van der Waals surface area contributed by atoms with E-state index < -0.39 is 0 Å². The van der Waals surface area contributed by atoms with Gasteiger partial charge in [0.25, 0.3) is 5.91 Å². The minimum atomic E-state index is -0.167. The Kier molecular flexibility index (Phi) is 4.48. The van der Waals surface area contributed by atoms with Crippen LogP contribution in [0.5, 0.6) is 0 Å². The molecule has 0 bridgehead atoms. The van der Waals surface area contributed by atoms with Gasteiger partial charge in [0.1, 0.15) is 0 Å². The van der Waals surface area contributed by atoms with E-state index >= 15 is 0 Å². The van der Waals surface area contributed by atoms with Gasteiger partial charge in [-0.15, -0.1) is 0 Å². The van der Waals surface area contributed by atoms with Gasteiger partial charge in [0.2, 0.25) is 0 Å². The quantitative estimate of drug-likeness (QED) is 0.815. The Morgan fingerprint density at radius 2 is 2.05 bits per heavy atom. The van der Waals surface area contributed by atoms with Crippen LogP contribution in [0.2, 0.25) is 0 Å². The molecule has 2 aromatic rings. The van der Waals surface area contributed by atoms with Gasteiger partial charge in [-0.25, -0.2) is 0 Å². The molecule has 0 aliphatic carbocycles. The number of nitrogens with two attached hydrogens (primary N) is 1. The second kappa shape index (κ2) is 6.50. The summed E-state index contributed by atoms with van der Waals surface area (Å²) in [4.78, 5) is 16.2. The number of amides is 1. The highest BCUT2D eigenvalue weighted by molar-refractivity contribution is 6.04. The summed E-state index contributed by atoms with van der Waals surface area (Å²) in [6.07, 6.45) is 1.69. The lowest BCUT2D eigenvalue weighted by Crippen LogP contribution is -2.13. The number of carbonyl (C=O) groups is 1. The zero-order valence-electron chi connectivity index (χ0n) is 11.2. The molecule has 0 saturated carbocycles. The van der Waals surface area contributed by atoms with Crippen molar-refractivity contribution in [2.75, 3.05) is 11.9 Å². The first-order valence-corrected chi connectivity index (χ1v) is 6.22. The van der Waals surface area contributed by atoms with Crippen molar-refractivity contribution in [3.05, 3.63) is 59.4 Å². The van der Waals surface area contributed by atoms with E-state index in [2.05, 4.69) is 22.1 Å². The van der Waals surface area contributed by atoms with Crippen molar-refractivity contribution in [2.45, 2.75) is 6.92 Å². The van der Waals surface area contributed by atoms with E-state index in [1.165, 1.54) is 0 Å². The maximum absolute atomic E-state index is 12.1. The fourth-order valence-electron chi connectivity index (χ4n) is 1.67. The fraction of sp³-hybridized carbons (Fsp3) is 0.125. The normalized spacial score (nSPS) is 9.50. The molecule has 100 valence electrons. The van der Waals surface area contributed by atoms with Crippen LogP contribution in [0.3, 0.4) is 0 Å². The van der Waals surface area contributed by atoms with Crippen molar-refractivity contribution < 1.29 is 4.79 Å². The third-order valence-electron chi connectivity index (χ3n) is 2.74. The van der Waals surface area contributed by atoms with Crippen LogP contribution in [0.4, 0.5) is 5.69 Å². The summed E-state index contributed by atoms with van der Waals surface area (Å²) in [5.74, 6) is 5.51. The lowest BCUT2D eigenvalue weighted by Gasteiger charge is -2.07. The number of nitrogens with one attached hydrogen (secondary N) is 1. The van der Waals surface area contributed by atoms with E-state index in [0.29, 0.717) is 17.8 Å². The summed E-state index contributed by atoms with van der Waals surface area (Å²) in [5, 5.41) is 2.83. The Hall–Kier alpha value is -2.64. The number of nitrogens with zero attached hydrogens (tertiary/aromatic N) is 1. The lowest BCUT2D eigenvalue weighted by atomic mass is 10.1. The van der Waals surface area contributed by atoms with Crippen LogP contribution in [-0.2, 0) is 0 Å². The van der Waals surface area contributed by atoms with Crippen LogP contribution in [-0.4, -0.2) is 17.4 Å². The summed E-state index contributed by atoms with van der Waals surface area (Å²) in [6, 6.07) is 10.7. The van der Waals surface area contributed by atoms with Gasteiger partial charge in [0, 0.05) is 17.3 Å². The number of pyridine rings is 1. The molecule has 0 aliphatic rings. The zero-order chi connectivity index (χ0) is 14.4. The molecule has 1 amide bonds. The second-order valence-corrected chi connectivity index (χ2v) is 4.17. The van der Waals surface area contributed by atoms with Gasteiger partial charge in [-0.05, 0) is 43.3 Å². The van der Waals surface area contributed by atoms with Crippen molar-refractivity contribution in [1.82, 2.24) is 4.98 Å². The summed E-state index contributed by atoms with van der Waals surface area (Å²) in [6.45, 7) is 2.17. The molecule has 1 aromatic heterocycles. The second-order valence-electron chi connectivity index (χ2n) is 4.17. The molecule has 20 heavy (non-hydrogen) atoms. The van der Waals surface area contributed by atoms with E-state index in [1.54, 1.807) is 36.5 Å². The highest BCUT2D eigenvalue weighted by Crippen LogP contribution is 2.12. The van der Waals surface area contributed by atoms with Crippen molar-refractivity contribution in [3.63, 3.8) is 0 Å². The van der Waals surface area contributed by atoms with Crippen molar-refractivity contribution in [3.8, 4) is 11.8 Å². The SMILES string of the molecule is Cc1ncccc1NC(=O)c1ccc(C#CCN)cc1. The maximum Gasteiger partial charge on any atom is 0.255 e. The van der Waals surface area contributed by atoms with E-state index in [1.807, 2.05) is 13.0 Å². The van der Waals surface area contributed by atoms with Crippen LogP contribution in [0.15, 0.2) is 42.6 Å². The van der Waals surface area contributed by atoms with Gasteiger partial charge in [0.15, 0.2) is 0 Å². The summed E-state index contributed by atoms with van der Waals surface area (Å²) in [5.41, 5.74) is 8.22. The smallest absolute Gasteiger partial charge is 0.255 e. The standard InChI is InChI=1S/C16H15N3O/c1-12-15(5-3-11-18-12)19-16(20)14-8-6-13(7-9-14)4-2-10-17/h3,5-9,11H,10,17H2,1H3,(H,19,20). The molecule has 0 saturated heterocycles. The summed E-state index contributed by atoms with van der Waals surface area (Å²) in [7, 11) is 0. The van der Waals surface area contributed by atoms with Gasteiger partial charge in [0.05, 0.1) is 17.9 Å². The van der Waals surface area contributed by atoms with Gasteiger partial charge in [-0.1, -0.05) is 11.8 Å². The monoisotopic (exact) mass is 265 g/mol. The van der Waals surface area contributed by atoms with Crippen LogP contribution >= 0.6 is 0 Å². The first kappa shape index (κ1) is 13.8. The minimum Gasteiger partial charge on any atom is -0.320 e. The third-order valence-corrected chi connectivity index (χ3v) is 2.74. The van der Waals surface area contributed by atoms with Crippen molar-refractivity contribution in [1.29, 1.82) is 0 Å². The molecule has 0 spiro atoms. The predicted octanol–water partition coefficient (Wildman–Crippen LogP) is 1.95. The number of hydrogen-bond donors (Lipinski definition) is 2. The number of rotatable bonds is 2. The van der Waals surface area contributed by atoms with E-state index in [0.717, 1.165) is 11.3 Å². The molecule has 3 N–H and O–H groups in total. The number of anilines is 1. The van der Waals surface area contributed by atoms with Crippen molar-refractivity contribution >= 4 is 11.6 Å². The predicted molar refractivity (Wildman–Crippen MR) is 79.3 cm³/mol. The largest absolute Gasteiger partial charge is 0.320 e. The number of hydrogen-bond acceptors (Lipinski definition) is 3.